The summed E-state index contributed by atoms with van der Waals surface area (Å²) in [6, 6.07) is 15.1. The molecule has 3 aromatic rings. The molecule has 0 atom stereocenters. The highest BCUT2D eigenvalue weighted by Gasteiger charge is 2.11. The molecule has 1 heterocycles. The van der Waals surface area contributed by atoms with Gasteiger partial charge in [-0.15, -0.1) is 5.10 Å². The van der Waals surface area contributed by atoms with Crippen molar-refractivity contribution < 1.29 is 4.79 Å². The van der Waals surface area contributed by atoms with Gasteiger partial charge in [-0.05, 0) is 29.8 Å². The highest BCUT2D eigenvalue weighted by atomic mass is 79.9. The van der Waals surface area contributed by atoms with Crippen molar-refractivity contribution in [3.63, 3.8) is 0 Å². The van der Waals surface area contributed by atoms with Gasteiger partial charge in [0.25, 0.3) is 5.91 Å². The van der Waals surface area contributed by atoms with Crippen LogP contribution in [0.25, 0.3) is 17.0 Å². The van der Waals surface area contributed by atoms with Crippen LogP contribution in [0.15, 0.2) is 59.1 Å². The van der Waals surface area contributed by atoms with Crippen LogP contribution < -0.4 is 5.73 Å². The Morgan fingerprint density at radius 2 is 1.86 bits per heavy atom. The van der Waals surface area contributed by atoms with Gasteiger partial charge in [-0.3, -0.25) is 4.79 Å². The predicted molar refractivity (Wildman–Crippen MR) is 87.9 cm³/mol. The van der Waals surface area contributed by atoms with E-state index in [0.717, 1.165) is 15.4 Å². The van der Waals surface area contributed by atoms with Crippen molar-refractivity contribution >= 4 is 44.6 Å². The van der Waals surface area contributed by atoms with E-state index in [-0.39, 0.29) is 5.91 Å². The molecule has 1 aromatic heterocycles. The van der Waals surface area contributed by atoms with Crippen LogP contribution in [0.2, 0.25) is 0 Å². The number of nitrogens with two attached hydrogens (primary N) is 1. The third-order valence-electron chi connectivity index (χ3n) is 3.14. The fourth-order valence-corrected chi connectivity index (χ4v) is 2.52. The molecular formula is C16H12BrN3O. The number of benzene rings is 2. The smallest absolute Gasteiger partial charge is 0.271 e. The molecule has 0 aliphatic heterocycles. The van der Waals surface area contributed by atoms with Gasteiger partial charge in [0.1, 0.15) is 0 Å². The summed E-state index contributed by atoms with van der Waals surface area (Å²) < 4.78 is 2.25. The average molecular weight is 342 g/mol. The molecule has 0 spiro atoms. The van der Waals surface area contributed by atoms with Crippen LogP contribution in [0, 0.1) is 0 Å². The molecule has 3 rings (SSSR count). The average Bonchev–Trinajstić information content (AvgIpc) is 2.84. The number of aromatic nitrogens is 2. The monoisotopic (exact) mass is 341 g/mol. The van der Waals surface area contributed by atoms with Crippen LogP contribution in [0.4, 0.5) is 5.82 Å². The Hall–Kier alpha value is -2.40. The molecule has 104 valence electrons. The molecule has 0 bridgehead atoms. The molecule has 0 saturated heterocycles. The van der Waals surface area contributed by atoms with Gasteiger partial charge in [0.2, 0.25) is 0 Å². The lowest BCUT2D eigenvalue weighted by molar-refractivity contribution is 0.0961. The predicted octanol–water partition coefficient (Wildman–Crippen LogP) is 3.73. The van der Waals surface area contributed by atoms with Crippen molar-refractivity contribution in [3.05, 3.63) is 64.6 Å². The zero-order valence-corrected chi connectivity index (χ0v) is 12.6. The molecule has 0 saturated carbocycles. The Bertz CT molecular complexity index is 852. The molecule has 0 radical (unpaired) electrons. The standard InChI is InChI=1S/C16H12BrN3O/c17-13-7-3-1-5-11(13)9-10-15(21)20-14-8-4-2-6-12(14)16(18)19-20/h1-10H,(H2,18,19). The van der Waals surface area contributed by atoms with Crippen molar-refractivity contribution in [2.75, 3.05) is 5.73 Å². The van der Waals surface area contributed by atoms with Crippen molar-refractivity contribution in [3.8, 4) is 0 Å². The molecule has 21 heavy (non-hydrogen) atoms. The highest BCUT2D eigenvalue weighted by molar-refractivity contribution is 9.10. The molecule has 0 amide bonds. The molecular weight excluding hydrogens is 330 g/mol. The molecule has 0 aliphatic rings. The number of anilines is 1. The van der Waals surface area contributed by atoms with Gasteiger partial charge in [-0.25, -0.2) is 0 Å². The van der Waals surface area contributed by atoms with Crippen LogP contribution in [0.3, 0.4) is 0 Å². The number of para-hydroxylation sites is 1. The summed E-state index contributed by atoms with van der Waals surface area (Å²) in [4.78, 5) is 12.3. The van der Waals surface area contributed by atoms with Crippen molar-refractivity contribution in [2.45, 2.75) is 0 Å². The maximum Gasteiger partial charge on any atom is 0.271 e. The summed E-state index contributed by atoms with van der Waals surface area (Å²) in [6.45, 7) is 0. The number of nitrogen functional groups attached to an aromatic ring is 1. The van der Waals surface area contributed by atoms with Gasteiger partial charge in [-0.2, -0.15) is 4.68 Å². The maximum atomic E-state index is 12.3. The summed E-state index contributed by atoms with van der Waals surface area (Å²) in [7, 11) is 0. The normalized spacial score (nSPS) is 11.3. The Morgan fingerprint density at radius 1 is 1.14 bits per heavy atom. The number of carbonyl (C=O) groups is 1. The first-order chi connectivity index (χ1) is 10.2. The molecule has 4 nitrogen and oxygen atoms in total. The van der Waals surface area contributed by atoms with E-state index in [0.29, 0.717) is 11.3 Å². The summed E-state index contributed by atoms with van der Waals surface area (Å²) in [5.41, 5.74) is 7.46. The molecule has 5 heteroatoms. The minimum Gasteiger partial charge on any atom is -0.382 e. The highest BCUT2D eigenvalue weighted by Crippen LogP contribution is 2.21. The summed E-state index contributed by atoms with van der Waals surface area (Å²) in [5.74, 6) is 0.117. The summed E-state index contributed by atoms with van der Waals surface area (Å²) in [6.07, 6.45) is 3.23. The van der Waals surface area contributed by atoms with Gasteiger partial charge >= 0.3 is 0 Å². The Labute approximate surface area is 130 Å². The van der Waals surface area contributed by atoms with E-state index in [1.807, 2.05) is 48.5 Å². The first kappa shape index (κ1) is 13.6. The van der Waals surface area contributed by atoms with Gasteiger partial charge in [-0.1, -0.05) is 46.3 Å². The fraction of sp³-hybridized carbons (Fsp3) is 0. The summed E-state index contributed by atoms with van der Waals surface area (Å²) >= 11 is 3.44. The second-order valence-electron chi connectivity index (χ2n) is 4.51. The Kier molecular flexibility index (Phi) is 3.58. The SMILES string of the molecule is Nc1nn(C(=O)C=Cc2ccccc2Br)c2ccccc12. The zero-order chi connectivity index (χ0) is 14.8. The van der Waals surface area contributed by atoms with Gasteiger partial charge in [0, 0.05) is 15.9 Å². The van der Waals surface area contributed by atoms with Crippen LogP contribution in [-0.4, -0.2) is 15.7 Å². The van der Waals surface area contributed by atoms with E-state index in [4.69, 9.17) is 5.73 Å². The largest absolute Gasteiger partial charge is 0.382 e. The number of rotatable bonds is 2. The number of carbonyl (C=O) groups excluding carboxylic acids is 1. The lowest BCUT2D eigenvalue weighted by Gasteiger charge is -1.99. The van der Waals surface area contributed by atoms with Crippen LogP contribution in [-0.2, 0) is 0 Å². The number of fused-ring (bicyclic) bond motifs is 1. The number of nitrogens with zero attached hydrogens (tertiary/aromatic N) is 2. The van der Waals surface area contributed by atoms with Crippen LogP contribution in [0.5, 0.6) is 0 Å². The molecule has 2 N–H and O–H groups in total. The topological polar surface area (TPSA) is 60.9 Å². The number of allylic oxidation sites excluding steroid dienone is 1. The van der Waals surface area contributed by atoms with E-state index in [2.05, 4.69) is 21.0 Å². The van der Waals surface area contributed by atoms with Crippen molar-refractivity contribution in [2.24, 2.45) is 0 Å². The fourth-order valence-electron chi connectivity index (χ4n) is 2.10. The van der Waals surface area contributed by atoms with Crippen molar-refractivity contribution in [1.82, 2.24) is 9.78 Å². The van der Waals surface area contributed by atoms with E-state index < -0.39 is 0 Å². The van der Waals surface area contributed by atoms with Crippen LogP contribution in [0.1, 0.15) is 10.4 Å². The second-order valence-corrected chi connectivity index (χ2v) is 5.36. The first-order valence-corrected chi connectivity index (χ1v) is 7.16. The van der Waals surface area contributed by atoms with E-state index >= 15 is 0 Å². The quantitative estimate of drug-likeness (QED) is 0.722. The van der Waals surface area contributed by atoms with E-state index in [1.165, 1.54) is 10.8 Å². The molecule has 0 unspecified atom stereocenters. The van der Waals surface area contributed by atoms with Crippen LogP contribution >= 0.6 is 15.9 Å². The number of hydrogen-bond acceptors (Lipinski definition) is 3. The van der Waals surface area contributed by atoms with Gasteiger partial charge < -0.3 is 5.73 Å². The third-order valence-corrected chi connectivity index (χ3v) is 3.86. The third kappa shape index (κ3) is 2.60. The molecule has 0 aliphatic carbocycles. The zero-order valence-electron chi connectivity index (χ0n) is 11.0. The lowest BCUT2D eigenvalue weighted by Crippen LogP contribution is -2.09. The molecule has 2 aromatic carbocycles. The second kappa shape index (κ2) is 5.54. The minimum atomic E-state index is -0.237. The van der Waals surface area contributed by atoms with Gasteiger partial charge in [0.15, 0.2) is 5.82 Å². The van der Waals surface area contributed by atoms with E-state index in [9.17, 15) is 4.79 Å². The van der Waals surface area contributed by atoms with Crippen molar-refractivity contribution in [1.29, 1.82) is 0 Å². The number of halogens is 1. The first-order valence-electron chi connectivity index (χ1n) is 6.37. The Balaban J connectivity index is 1.97. The lowest BCUT2D eigenvalue weighted by atomic mass is 10.2. The Morgan fingerprint density at radius 3 is 2.67 bits per heavy atom. The summed E-state index contributed by atoms with van der Waals surface area (Å²) in [5, 5.41) is 4.88. The van der Waals surface area contributed by atoms with Gasteiger partial charge in [0.05, 0.1) is 5.52 Å². The maximum absolute atomic E-state index is 12.3. The van der Waals surface area contributed by atoms with E-state index in [1.54, 1.807) is 6.08 Å². The number of hydrogen-bond donors (Lipinski definition) is 1. The molecule has 0 fully saturated rings. The minimum absolute atomic E-state index is 0.237.